The average molecular weight is 359 g/mol. The SMILES string of the molecule is CC[C@@H](c1nnnn1C(C)(C)C)[NH+]1CCN(c2ccc(OC)cc2)CC1. The second-order valence-electron chi connectivity index (χ2n) is 7.92. The second kappa shape index (κ2) is 7.61. The number of hydrogen-bond donors (Lipinski definition) is 1. The van der Waals surface area contributed by atoms with Gasteiger partial charge in [-0.1, -0.05) is 6.92 Å². The number of nitrogens with one attached hydrogen (secondary N) is 1. The Labute approximate surface area is 155 Å². The molecule has 0 saturated carbocycles. The summed E-state index contributed by atoms with van der Waals surface area (Å²) in [6, 6.07) is 8.67. The zero-order chi connectivity index (χ0) is 18.7. The standard InChI is InChI=1S/C19H30N6O/c1-6-17(18-20-21-22-25(18)19(2,3)4)24-13-11-23(12-14-24)15-7-9-16(26-5)10-8-15/h7-10,17H,6,11-14H2,1-5H3/p+1/t17-/m0/s1. The van der Waals surface area contributed by atoms with Gasteiger partial charge in [0.2, 0.25) is 5.82 Å². The lowest BCUT2D eigenvalue weighted by atomic mass is 10.1. The molecule has 0 spiro atoms. The molecule has 0 aliphatic carbocycles. The highest BCUT2D eigenvalue weighted by Gasteiger charge is 2.33. The summed E-state index contributed by atoms with van der Waals surface area (Å²) in [4.78, 5) is 4.01. The molecule has 7 heteroatoms. The van der Waals surface area contributed by atoms with Crippen molar-refractivity contribution in [3.8, 4) is 5.75 Å². The predicted octanol–water partition coefficient (Wildman–Crippen LogP) is 1.29. The Balaban J connectivity index is 1.69. The summed E-state index contributed by atoms with van der Waals surface area (Å²) >= 11 is 0. The first-order valence-electron chi connectivity index (χ1n) is 9.46. The van der Waals surface area contributed by atoms with E-state index in [9.17, 15) is 0 Å². The minimum Gasteiger partial charge on any atom is -0.497 e. The van der Waals surface area contributed by atoms with Crippen molar-refractivity contribution in [2.75, 3.05) is 38.2 Å². The molecule has 142 valence electrons. The molecule has 1 fully saturated rings. The van der Waals surface area contributed by atoms with Gasteiger partial charge in [-0.05, 0) is 55.5 Å². The van der Waals surface area contributed by atoms with Crippen LogP contribution in [0.25, 0.3) is 0 Å². The van der Waals surface area contributed by atoms with Crippen LogP contribution in [0.5, 0.6) is 5.75 Å². The van der Waals surface area contributed by atoms with Crippen LogP contribution in [0.2, 0.25) is 0 Å². The molecule has 1 N–H and O–H groups in total. The number of rotatable bonds is 5. The molecule has 3 rings (SSSR count). The Morgan fingerprint density at radius 3 is 2.35 bits per heavy atom. The maximum atomic E-state index is 5.26. The van der Waals surface area contributed by atoms with Crippen molar-refractivity contribution in [3.05, 3.63) is 30.1 Å². The second-order valence-corrected chi connectivity index (χ2v) is 7.92. The van der Waals surface area contributed by atoms with Gasteiger partial charge in [-0.2, -0.15) is 0 Å². The third kappa shape index (κ3) is 3.82. The van der Waals surface area contributed by atoms with Crippen LogP contribution in [0.1, 0.15) is 46.0 Å². The number of nitrogens with zero attached hydrogens (tertiary/aromatic N) is 5. The van der Waals surface area contributed by atoms with Crippen LogP contribution < -0.4 is 14.5 Å². The van der Waals surface area contributed by atoms with Gasteiger partial charge in [0, 0.05) is 12.1 Å². The summed E-state index contributed by atoms with van der Waals surface area (Å²) in [5.41, 5.74) is 1.16. The number of hydrogen-bond acceptors (Lipinski definition) is 5. The normalized spacial score (nSPS) is 17.3. The van der Waals surface area contributed by atoms with E-state index in [0.29, 0.717) is 6.04 Å². The van der Waals surface area contributed by atoms with E-state index in [0.717, 1.165) is 44.2 Å². The van der Waals surface area contributed by atoms with Gasteiger partial charge in [0.15, 0.2) is 0 Å². The maximum Gasteiger partial charge on any atom is 0.209 e. The Bertz CT molecular complexity index is 698. The van der Waals surface area contributed by atoms with Crippen LogP contribution in [0.3, 0.4) is 0 Å². The minimum atomic E-state index is -0.101. The molecule has 0 unspecified atom stereocenters. The van der Waals surface area contributed by atoms with E-state index in [1.54, 1.807) is 12.0 Å². The zero-order valence-corrected chi connectivity index (χ0v) is 16.6. The van der Waals surface area contributed by atoms with Gasteiger partial charge in [-0.3, -0.25) is 0 Å². The van der Waals surface area contributed by atoms with Crippen molar-refractivity contribution < 1.29 is 9.64 Å². The summed E-state index contributed by atoms with van der Waals surface area (Å²) < 4.78 is 7.25. The van der Waals surface area contributed by atoms with E-state index in [1.807, 2.05) is 16.8 Å². The van der Waals surface area contributed by atoms with Crippen molar-refractivity contribution in [2.45, 2.75) is 45.7 Å². The highest BCUT2D eigenvalue weighted by molar-refractivity contribution is 5.49. The van der Waals surface area contributed by atoms with Crippen LogP contribution in [-0.2, 0) is 5.54 Å². The molecular formula is C19H31N6O+. The first kappa shape index (κ1) is 18.6. The number of ether oxygens (including phenoxy) is 1. The average Bonchev–Trinajstić information content (AvgIpc) is 3.13. The number of quaternary nitrogens is 1. The van der Waals surface area contributed by atoms with E-state index >= 15 is 0 Å². The lowest BCUT2D eigenvalue weighted by molar-refractivity contribution is -0.933. The van der Waals surface area contributed by atoms with Crippen LogP contribution in [0.15, 0.2) is 24.3 Å². The summed E-state index contributed by atoms with van der Waals surface area (Å²) in [6.45, 7) is 12.9. The summed E-state index contributed by atoms with van der Waals surface area (Å²) in [6.07, 6.45) is 1.04. The third-order valence-electron chi connectivity index (χ3n) is 5.18. The van der Waals surface area contributed by atoms with Crippen molar-refractivity contribution in [1.82, 2.24) is 20.2 Å². The van der Waals surface area contributed by atoms with Crippen LogP contribution >= 0.6 is 0 Å². The first-order valence-corrected chi connectivity index (χ1v) is 9.46. The number of tetrazole rings is 1. The van der Waals surface area contributed by atoms with Crippen molar-refractivity contribution >= 4 is 5.69 Å². The number of aromatic nitrogens is 4. The number of piperazine rings is 1. The molecule has 2 heterocycles. The molecule has 2 aromatic rings. The Morgan fingerprint density at radius 2 is 1.81 bits per heavy atom. The van der Waals surface area contributed by atoms with Gasteiger partial charge in [0.25, 0.3) is 0 Å². The quantitative estimate of drug-likeness (QED) is 0.872. The zero-order valence-electron chi connectivity index (χ0n) is 16.6. The molecular weight excluding hydrogens is 328 g/mol. The van der Waals surface area contributed by atoms with E-state index in [4.69, 9.17) is 4.74 Å². The molecule has 1 aliphatic heterocycles. The van der Waals surface area contributed by atoms with E-state index in [1.165, 1.54) is 5.69 Å². The monoisotopic (exact) mass is 359 g/mol. The molecule has 1 aliphatic rings. The minimum absolute atomic E-state index is 0.101. The van der Waals surface area contributed by atoms with Gasteiger partial charge < -0.3 is 14.5 Å². The fraction of sp³-hybridized carbons (Fsp3) is 0.632. The molecule has 1 aromatic heterocycles. The fourth-order valence-electron chi connectivity index (χ4n) is 3.74. The third-order valence-corrected chi connectivity index (χ3v) is 5.18. The van der Waals surface area contributed by atoms with Crippen molar-refractivity contribution in [2.24, 2.45) is 0 Å². The number of anilines is 1. The van der Waals surface area contributed by atoms with Crippen LogP contribution in [0, 0.1) is 0 Å². The Kier molecular flexibility index (Phi) is 5.46. The smallest absolute Gasteiger partial charge is 0.209 e. The Morgan fingerprint density at radius 1 is 1.15 bits per heavy atom. The van der Waals surface area contributed by atoms with Gasteiger partial charge in [0.05, 0.1) is 38.8 Å². The molecule has 0 radical (unpaired) electrons. The van der Waals surface area contributed by atoms with Crippen molar-refractivity contribution in [3.63, 3.8) is 0 Å². The van der Waals surface area contributed by atoms with Crippen molar-refractivity contribution in [1.29, 1.82) is 0 Å². The highest BCUT2D eigenvalue weighted by Crippen LogP contribution is 2.21. The Hall–Kier alpha value is -2.15. The van der Waals surface area contributed by atoms with E-state index in [-0.39, 0.29) is 5.54 Å². The van der Waals surface area contributed by atoms with Crippen LogP contribution in [0.4, 0.5) is 5.69 Å². The molecule has 1 saturated heterocycles. The van der Waals surface area contributed by atoms with E-state index in [2.05, 4.69) is 60.3 Å². The molecule has 1 aromatic carbocycles. The largest absolute Gasteiger partial charge is 0.497 e. The summed E-state index contributed by atoms with van der Waals surface area (Å²) in [5, 5.41) is 12.6. The lowest BCUT2D eigenvalue weighted by Gasteiger charge is -2.37. The summed E-state index contributed by atoms with van der Waals surface area (Å²) in [5.74, 6) is 1.91. The van der Waals surface area contributed by atoms with Gasteiger partial charge in [-0.25, -0.2) is 4.68 Å². The molecule has 1 atom stereocenters. The molecule has 26 heavy (non-hydrogen) atoms. The van der Waals surface area contributed by atoms with E-state index < -0.39 is 0 Å². The highest BCUT2D eigenvalue weighted by atomic mass is 16.5. The predicted molar refractivity (Wildman–Crippen MR) is 102 cm³/mol. The maximum absolute atomic E-state index is 5.26. The van der Waals surface area contributed by atoms with Crippen LogP contribution in [-0.4, -0.2) is 53.5 Å². The van der Waals surface area contributed by atoms with Gasteiger partial charge in [0.1, 0.15) is 11.8 Å². The molecule has 0 amide bonds. The first-order chi connectivity index (χ1) is 12.4. The molecule has 0 bridgehead atoms. The number of methoxy groups -OCH3 is 1. The summed E-state index contributed by atoms with van der Waals surface area (Å²) in [7, 11) is 1.70. The molecule has 7 nitrogen and oxygen atoms in total. The van der Waals surface area contributed by atoms with Gasteiger partial charge >= 0.3 is 0 Å². The lowest BCUT2D eigenvalue weighted by Crippen LogP contribution is -3.15. The fourth-order valence-corrected chi connectivity index (χ4v) is 3.74. The van der Waals surface area contributed by atoms with Gasteiger partial charge in [-0.15, -0.1) is 5.10 Å². The topological polar surface area (TPSA) is 60.5 Å². The number of benzene rings is 1.